The van der Waals surface area contributed by atoms with E-state index >= 15 is 0 Å². The lowest BCUT2D eigenvalue weighted by Gasteiger charge is -2.21. The Bertz CT molecular complexity index is 533. The Morgan fingerprint density at radius 1 is 1.40 bits per heavy atom. The normalized spacial score (nSPS) is 30.1. The maximum absolute atomic E-state index is 11.7. The maximum atomic E-state index is 11.7. The van der Waals surface area contributed by atoms with Crippen LogP contribution in [0.5, 0.6) is 0 Å². The number of carbonyl (C=O) groups is 1. The number of primary amides is 1. The molecule has 20 heavy (non-hydrogen) atoms. The van der Waals surface area contributed by atoms with Crippen molar-refractivity contribution in [3.05, 3.63) is 34.3 Å². The molecule has 0 saturated heterocycles. The van der Waals surface area contributed by atoms with Crippen LogP contribution in [0, 0.1) is 17.8 Å². The zero-order valence-electron chi connectivity index (χ0n) is 11.7. The van der Waals surface area contributed by atoms with Gasteiger partial charge in [-0.2, -0.15) is 0 Å². The first kappa shape index (κ1) is 13.9. The third kappa shape index (κ3) is 2.23. The van der Waals surface area contributed by atoms with Gasteiger partial charge in [0.05, 0.1) is 0 Å². The van der Waals surface area contributed by atoms with Gasteiger partial charge in [-0.3, -0.25) is 4.79 Å². The first-order valence-electron chi connectivity index (χ1n) is 7.37. The number of benzene rings is 1. The second kappa shape index (κ2) is 5.05. The predicted octanol–water partition coefficient (Wildman–Crippen LogP) is 2.92. The maximum Gasteiger partial charge on any atom is 0.248 e. The summed E-state index contributed by atoms with van der Waals surface area (Å²) in [6.07, 6.45) is 3.25. The van der Waals surface area contributed by atoms with Gasteiger partial charge in [0.25, 0.3) is 0 Å². The molecule has 2 saturated carbocycles. The molecule has 2 aliphatic rings. The van der Waals surface area contributed by atoms with Crippen molar-refractivity contribution in [2.45, 2.75) is 38.1 Å². The standard InChI is InChI=1S/C16H21ClN2O/c1-2-10(15-13-6-9(18)7-14(13)15)12-5-8(17)3-4-11(12)16(19)20/h3-5,9-10,13-15H,2,6-7,18H2,1H3,(H2,19,20)/t9?,10-,13+,14+,15?/m0/s1. The fourth-order valence-electron chi connectivity index (χ4n) is 4.29. The number of halogens is 1. The molecule has 3 nitrogen and oxygen atoms in total. The van der Waals surface area contributed by atoms with Crippen molar-refractivity contribution in [2.75, 3.05) is 0 Å². The molecule has 4 N–H and O–H groups in total. The number of hydrogen-bond donors (Lipinski definition) is 2. The van der Waals surface area contributed by atoms with Crippen LogP contribution >= 0.6 is 11.6 Å². The number of fused-ring (bicyclic) bond motifs is 1. The van der Waals surface area contributed by atoms with E-state index in [0.717, 1.165) is 36.7 Å². The highest BCUT2D eigenvalue weighted by atomic mass is 35.5. The van der Waals surface area contributed by atoms with Gasteiger partial charge in [0.2, 0.25) is 5.91 Å². The Balaban J connectivity index is 1.91. The van der Waals surface area contributed by atoms with Gasteiger partial charge < -0.3 is 11.5 Å². The second-order valence-electron chi connectivity index (χ2n) is 6.25. The summed E-state index contributed by atoms with van der Waals surface area (Å²) in [4.78, 5) is 11.7. The van der Waals surface area contributed by atoms with Crippen LogP contribution in [0.3, 0.4) is 0 Å². The molecular formula is C16H21ClN2O. The highest BCUT2D eigenvalue weighted by molar-refractivity contribution is 6.30. The van der Waals surface area contributed by atoms with Gasteiger partial charge in [0.1, 0.15) is 0 Å². The van der Waals surface area contributed by atoms with E-state index in [-0.39, 0.29) is 5.91 Å². The second-order valence-corrected chi connectivity index (χ2v) is 6.68. The zero-order chi connectivity index (χ0) is 14.4. The van der Waals surface area contributed by atoms with E-state index in [1.807, 2.05) is 6.07 Å². The molecule has 108 valence electrons. The first-order valence-corrected chi connectivity index (χ1v) is 7.75. The molecule has 0 bridgehead atoms. The lowest BCUT2D eigenvalue weighted by molar-refractivity contribution is 0.0998. The third-order valence-corrected chi connectivity index (χ3v) is 5.37. The SMILES string of the molecule is CC[C@@H](c1cc(Cl)ccc1C(N)=O)C1[C@@H]2CC(N)C[C@@H]12. The minimum absolute atomic E-state index is 0.363. The molecule has 2 aliphatic carbocycles. The van der Waals surface area contributed by atoms with Gasteiger partial charge in [-0.15, -0.1) is 0 Å². The van der Waals surface area contributed by atoms with Crippen LogP contribution in [-0.2, 0) is 0 Å². The molecule has 0 aromatic heterocycles. The van der Waals surface area contributed by atoms with E-state index in [9.17, 15) is 4.79 Å². The lowest BCUT2D eigenvalue weighted by Crippen LogP contribution is -2.21. The quantitative estimate of drug-likeness (QED) is 0.896. The van der Waals surface area contributed by atoms with Gasteiger partial charge >= 0.3 is 0 Å². The van der Waals surface area contributed by atoms with Crippen LogP contribution in [-0.4, -0.2) is 11.9 Å². The largest absolute Gasteiger partial charge is 0.366 e. The fraction of sp³-hybridized carbons (Fsp3) is 0.562. The van der Waals surface area contributed by atoms with Gasteiger partial charge in [-0.25, -0.2) is 0 Å². The predicted molar refractivity (Wildman–Crippen MR) is 80.7 cm³/mol. The summed E-state index contributed by atoms with van der Waals surface area (Å²) in [5.41, 5.74) is 13.2. The number of rotatable bonds is 4. The summed E-state index contributed by atoms with van der Waals surface area (Å²) < 4.78 is 0. The number of amides is 1. The molecule has 1 aromatic carbocycles. The monoisotopic (exact) mass is 292 g/mol. The first-order chi connectivity index (χ1) is 9.52. The molecule has 0 spiro atoms. The van der Waals surface area contributed by atoms with Crippen molar-refractivity contribution in [1.29, 1.82) is 0 Å². The molecule has 0 unspecified atom stereocenters. The minimum atomic E-state index is -0.363. The lowest BCUT2D eigenvalue weighted by atomic mass is 9.84. The third-order valence-electron chi connectivity index (χ3n) is 5.13. The molecule has 0 radical (unpaired) electrons. The molecule has 1 aromatic rings. The van der Waals surface area contributed by atoms with E-state index in [4.69, 9.17) is 23.1 Å². The highest BCUT2D eigenvalue weighted by Gasteiger charge is 2.57. The zero-order valence-corrected chi connectivity index (χ0v) is 12.4. The topological polar surface area (TPSA) is 69.1 Å². The van der Waals surface area contributed by atoms with E-state index < -0.39 is 0 Å². The molecule has 2 fully saturated rings. The highest BCUT2D eigenvalue weighted by Crippen LogP contribution is 2.63. The summed E-state index contributed by atoms with van der Waals surface area (Å²) in [5, 5.41) is 0.672. The van der Waals surface area contributed by atoms with Crippen molar-refractivity contribution < 1.29 is 4.79 Å². The summed E-state index contributed by atoms with van der Waals surface area (Å²) >= 11 is 6.12. The smallest absolute Gasteiger partial charge is 0.248 e. The van der Waals surface area contributed by atoms with Crippen LogP contribution in [0.4, 0.5) is 0 Å². The number of nitrogens with two attached hydrogens (primary N) is 2. The van der Waals surface area contributed by atoms with Crippen LogP contribution in [0.25, 0.3) is 0 Å². The van der Waals surface area contributed by atoms with Crippen molar-refractivity contribution in [2.24, 2.45) is 29.2 Å². The minimum Gasteiger partial charge on any atom is -0.366 e. The summed E-state index contributed by atoms with van der Waals surface area (Å²) in [6, 6.07) is 5.78. The Kier molecular flexibility index (Phi) is 3.51. The van der Waals surface area contributed by atoms with Gasteiger partial charge in [-0.05, 0) is 66.7 Å². The molecule has 0 aliphatic heterocycles. The molecule has 0 heterocycles. The van der Waals surface area contributed by atoms with E-state index in [2.05, 4.69) is 6.92 Å². The molecular weight excluding hydrogens is 272 g/mol. The summed E-state index contributed by atoms with van der Waals surface area (Å²) in [7, 11) is 0. The van der Waals surface area contributed by atoms with Crippen LogP contribution in [0.2, 0.25) is 5.02 Å². The van der Waals surface area contributed by atoms with Crippen molar-refractivity contribution in [3.63, 3.8) is 0 Å². The van der Waals surface area contributed by atoms with Crippen LogP contribution < -0.4 is 11.5 Å². The Morgan fingerprint density at radius 3 is 2.60 bits per heavy atom. The van der Waals surface area contributed by atoms with Crippen LogP contribution in [0.1, 0.15) is 48.0 Å². The number of hydrogen-bond acceptors (Lipinski definition) is 2. The molecule has 3 rings (SSSR count). The van der Waals surface area contributed by atoms with Crippen molar-refractivity contribution in [1.82, 2.24) is 0 Å². The van der Waals surface area contributed by atoms with Gasteiger partial charge in [-0.1, -0.05) is 18.5 Å². The van der Waals surface area contributed by atoms with Gasteiger partial charge in [0.15, 0.2) is 0 Å². The van der Waals surface area contributed by atoms with E-state index in [1.54, 1.807) is 12.1 Å². The summed E-state index contributed by atoms with van der Waals surface area (Å²) in [5.74, 6) is 2.12. The van der Waals surface area contributed by atoms with Gasteiger partial charge in [0, 0.05) is 16.6 Å². The fourth-order valence-corrected chi connectivity index (χ4v) is 4.48. The summed E-state index contributed by atoms with van der Waals surface area (Å²) in [6.45, 7) is 2.17. The Labute approximate surface area is 124 Å². The average molecular weight is 293 g/mol. The molecule has 4 heteroatoms. The van der Waals surface area contributed by atoms with E-state index in [1.165, 1.54) is 0 Å². The Morgan fingerprint density at radius 2 is 2.05 bits per heavy atom. The Hall–Kier alpha value is -1.06. The number of carbonyl (C=O) groups excluding carboxylic acids is 1. The molecule has 1 amide bonds. The van der Waals surface area contributed by atoms with Crippen molar-refractivity contribution in [3.8, 4) is 0 Å². The molecule has 3 atom stereocenters. The average Bonchev–Trinajstić information content (AvgIpc) is 2.88. The van der Waals surface area contributed by atoms with Crippen molar-refractivity contribution >= 4 is 17.5 Å². The van der Waals surface area contributed by atoms with Crippen LogP contribution in [0.15, 0.2) is 18.2 Å². The van der Waals surface area contributed by atoms with E-state index in [0.29, 0.717) is 28.5 Å².